The van der Waals surface area contributed by atoms with Crippen LogP contribution in [0.3, 0.4) is 0 Å². The van der Waals surface area contributed by atoms with Crippen LogP contribution in [0.4, 0.5) is 0 Å². The molecule has 3 aromatic rings. The summed E-state index contributed by atoms with van der Waals surface area (Å²) >= 11 is 0. The highest BCUT2D eigenvalue weighted by molar-refractivity contribution is 6.08. The molecule has 0 fully saturated rings. The minimum absolute atomic E-state index is 0.673. The molecule has 4 rings (SSSR count). The second-order valence-electron chi connectivity index (χ2n) is 5.87. The Bertz CT molecular complexity index is 818. The second-order valence-corrected chi connectivity index (χ2v) is 5.87. The van der Waals surface area contributed by atoms with Crippen LogP contribution in [0.2, 0.25) is 0 Å². The van der Waals surface area contributed by atoms with E-state index in [0.717, 1.165) is 24.8 Å². The van der Waals surface area contributed by atoms with Crippen molar-refractivity contribution >= 4 is 21.5 Å². The molecule has 1 aliphatic rings. The fraction of sp³-hybridized carbons (Fsp3) is 0.222. The van der Waals surface area contributed by atoms with Crippen LogP contribution in [-0.4, -0.2) is 0 Å². The molecule has 0 heterocycles. The maximum Gasteiger partial charge on any atom is 0.0902 e. The number of aryl methyl sites for hydroxylation is 1. The molecule has 2 heteroatoms. The van der Waals surface area contributed by atoms with Gasteiger partial charge in [0.2, 0.25) is 0 Å². The van der Waals surface area contributed by atoms with Gasteiger partial charge < -0.3 is 11.5 Å². The van der Waals surface area contributed by atoms with Crippen LogP contribution in [0.5, 0.6) is 0 Å². The third kappa shape index (κ3) is 1.59. The predicted octanol–water partition coefficient (Wildman–Crippen LogP) is 3.40. The Balaban J connectivity index is 2.13. The lowest BCUT2D eigenvalue weighted by atomic mass is 9.80. The molecule has 3 aromatic carbocycles. The topological polar surface area (TPSA) is 52.0 Å². The first-order valence-corrected chi connectivity index (χ1v) is 7.18. The lowest BCUT2D eigenvalue weighted by molar-refractivity contribution is 0.388. The van der Waals surface area contributed by atoms with Gasteiger partial charge >= 0.3 is 0 Å². The van der Waals surface area contributed by atoms with Crippen LogP contribution in [-0.2, 0) is 12.1 Å². The number of hydrogen-bond donors (Lipinski definition) is 2. The van der Waals surface area contributed by atoms with Gasteiger partial charge in [-0.3, -0.25) is 0 Å². The SMILES string of the molecule is NC1(N)CCCc2c1ccc1c2ccc2ccccc21. The largest absolute Gasteiger partial charge is 0.310 e. The lowest BCUT2D eigenvalue weighted by Crippen LogP contribution is -2.48. The summed E-state index contributed by atoms with van der Waals surface area (Å²) in [6.07, 6.45) is 2.99. The van der Waals surface area contributed by atoms with Crippen molar-refractivity contribution in [1.82, 2.24) is 0 Å². The van der Waals surface area contributed by atoms with Crippen LogP contribution in [0.1, 0.15) is 24.0 Å². The van der Waals surface area contributed by atoms with E-state index in [0.29, 0.717) is 0 Å². The number of hydrogen-bond acceptors (Lipinski definition) is 2. The summed E-state index contributed by atoms with van der Waals surface area (Å²) in [7, 11) is 0. The molecular weight excluding hydrogens is 244 g/mol. The van der Waals surface area contributed by atoms with Gasteiger partial charge in [-0.15, -0.1) is 0 Å². The molecule has 0 bridgehead atoms. The Kier molecular flexibility index (Phi) is 2.40. The van der Waals surface area contributed by atoms with Gasteiger partial charge in [-0.1, -0.05) is 48.5 Å². The molecule has 0 spiro atoms. The molecule has 1 aliphatic carbocycles. The summed E-state index contributed by atoms with van der Waals surface area (Å²) in [4.78, 5) is 0. The van der Waals surface area contributed by atoms with Crippen molar-refractivity contribution < 1.29 is 0 Å². The van der Waals surface area contributed by atoms with Crippen molar-refractivity contribution in [3.05, 3.63) is 59.7 Å². The van der Waals surface area contributed by atoms with E-state index in [4.69, 9.17) is 11.5 Å². The van der Waals surface area contributed by atoms with E-state index in [-0.39, 0.29) is 0 Å². The van der Waals surface area contributed by atoms with Gasteiger partial charge in [0.25, 0.3) is 0 Å². The van der Waals surface area contributed by atoms with Gasteiger partial charge in [0, 0.05) is 0 Å². The minimum atomic E-state index is -0.673. The fourth-order valence-electron chi connectivity index (χ4n) is 3.55. The molecule has 4 N–H and O–H groups in total. The van der Waals surface area contributed by atoms with Crippen molar-refractivity contribution in [2.45, 2.75) is 24.9 Å². The smallest absolute Gasteiger partial charge is 0.0902 e. The predicted molar refractivity (Wildman–Crippen MR) is 84.4 cm³/mol. The molecule has 0 saturated heterocycles. The quantitative estimate of drug-likeness (QED) is 0.482. The molecule has 0 unspecified atom stereocenters. The average molecular weight is 262 g/mol. The summed E-state index contributed by atoms with van der Waals surface area (Å²) in [5, 5.41) is 5.20. The van der Waals surface area contributed by atoms with Crippen molar-refractivity contribution in [2.75, 3.05) is 0 Å². The number of fused-ring (bicyclic) bond motifs is 5. The first kappa shape index (κ1) is 11.9. The number of rotatable bonds is 0. The zero-order valence-electron chi connectivity index (χ0n) is 11.4. The van der Waals surface area contributed by atoms with Gasteiger partial charge in [0.15, 0.2) is 0 Å². The van der Waals surface area contributed by atoms with Gasteiger partial charge in [-0.2, -0.15) is 0 Å². The van der Waals surface area contributed by atoms with Crippen LogP contribution in [0.25, 0.3) is 21.5 Å². The maximum atomic E-state index is 6.27. The molecule has 0 aliphatic heterocycles. The Morgan fingerprint density at radius 2 is 1.60 bits per heavy atom. The highest BCUT2D eigenvalue weighted by Gasteiger charge is 2.29. The molecule has 0 radical (unpaired) electrons. The third-order valence-electron chi connectivity index (χ3n) is 4.56. The Morgan fingerprint density at radius 1 is 0.800 bits per heavy atom. The normalized spacial score (nSPS) is 17.3. The summed E-state index contributed by atoms with van der Waals surface area (Å²) in [6, 6.07) is 17.2. The van der Waals surface area contributed by atoms with Crippen LogP contribution in [0.15, 0.2) is 48.5 Å². The summed E-state index contributed by atoms with van der Waals surface area (Å²) in [6.45, 7) is 0. The molecule has 100 valence electrons. The van der Waals surface area contributed by atoms with Crippen molar-refractivity contribution in [1.29, 1.82) is 0 Å². The standard InChI is InChI=1S/C18H18N2/c19-18(20)11-3-6-16-15-8-7-12-4-1-2-5-13(12)14(15)9-10-17(16)18/h1-2,4-5,7-10H,3,6,11,19-20H2. The van der Waals surface area contributed by atoms with Crippen LogP contribution >= 0.6 is 0 Å². The van der Waals surface area contributed by atoms with Gasteiger partial charge in [-0.05, 0) is 51.9 Å². The highest BCUT2D eigenvalue weighted by atomic mass is 15.0. The van der Waals surface area contributed by atoms with E-state index >= 15 is 0 Å². The van der Waals surface area contributed by atoms with Crippen molar-refractivity contribution in [3.63, 3.8) is 0 Å². The molecular formula is C18H18N2. The van der Waals surface area contributed by atoms with Gasteiger partial charge in [0.05, 0.1) is 5.66 Å². The zero-order valence-corrected chi connectivity index (χ0v) is 11.4. The lowest BCUT2D eigenvalue weighted by Gasteiger charge is -2.33. The Morgan fingerprint density at radius 3 is 2.50 bits per heavy atom. The number of benzene rings is 3. The minimum Gasteiger partial charge on any atom is -0.310 e. The maximum absolute atomic E-state index is 6.27. The zero-order chi connectivity index (χ0) is 13.7. The molecule has 0 saturated carbocycles. The van der Waals surface area contributed by atoms with E-state index < -0.39 is 5.66 Å². The Labute approximate surface area is 118 Å². The number of nitrogens with two attached hydrogens (primary N) is 2. The Hall–Kier alpha value is -1.90. The average Bonchev–Trinajstić information content (AvgIpc) is 2.46. The molecule has 0 aromatic heterocycles. The van der Waals surface area contributed by atoms with Crippen molar-refractivity contribution in [2.24, 2.45) is 11.5 Å². The van der Waals surface area contributed by atoms with Crippen LogP contribution < -0.4 is 11.5 Å². The van der Waals surface area contributed by atoms with Crippen molar-refractivity contribution in [3.8, 4) is 0 Å². The second kappa shape index (κ2) is 4.05. The molecule has 0 amide bonds. The van der Waals surface area contributed by atoms with E-state index in [2.05, 4.69) is 48.5 Å². The van der Waals surface area contributed by atoms with Gasteiger partial charge in [0.1, 0.15) is 0 Å². The monoisotopic (exact) mass is 262 g/mol. The van der Waals surface area contributed by atoms with Crippen LogP contribution in [0, 0.1) is 0 Å². The van der Waals surface area contributed by atoms with Gasteiger partial charge in [-0.25, -0.2) is 0 Å². The summed E-state index contributed by atoms with van der Waals surface area (Å²) in [5.41, 5.74) is 14.3. The molecule has 20 heavy (non-hydrogen) atoms. The third-order valence-corrected chi connectivity index (χ3v) is 4.56. The van der Waals surface area contributed by atoms with E-state index in [1.165, 1.54) is 27.1 Å². The summed E-state index contributed by atoms with van der Waals surface area (Å²) < 4.78 is 0. The fourth-order valence-corrected chi connectivity index (χ4v) is 3.55. The first-order valence-electron chi connectivity index (χ1n) is 7.18. The highest BCUT2D eigenvalue weighted by Crippen LogP contribution is 2.36. The van der Waals surface area contributed by atoms with E-state index in [1.54, 1.807) is 0 Å². The molecule has 0 atom stereocenters. The van der Waals surface area contributed by atoms with E-state index in [9.17, 15) is 0 Å². The first-order chi connectivity index (χ1) is 9.67. The van der Waals surface area contributed by atoms with E-state index in [1.807, 2.05) is 0 Å². The molecule has 2 nitrogen and oxygen atoms in total. The summed E-state index contributed by atoms with van der Waals surface area (Å²) in [5.74, 6) is 0.